The molecule has 0 spiro atoms. The number of benzene rings is 2. The molecule has 2 aromatic carbocycles. The van der Waals surface area contributed by atoms with Crippen LogP contribution in [0.25, 0.3) is 10.8 Å². The van der Waals surface area contributed by atoms with Gasteiger partial charge in [0.2, 0.25) is 15.9 Å². The van der Waals surface area contributed by atoms with Gasteiger partial charge in [0.25, 0.3) is 5.91 Å². The third-order valence-electron chi connectivity index (χ3n) is 4.75. The smallest absolute Gasteiger partial charge is 0.325 e. The molecule has 0 bridgehead atoms. The number of imide groups is 1. The Morgan fingerprint density at radius 3 is 2.59 bits per heavy atom. The van der Waals surface area contributed by atoms with Gasteiger partial charge in [0, 0.05) is 0 Å². The summed E-state index contributed by atoms with van der Waals surface area (Å²) in [6.45, 7) is 1.36. The third-order valence-corrected chi connectivity index (χ3v) is 5.56. The van der Waals surface area contributed by atoms with Crippen LogP contribution in [0.3, 0.4) is 0 Å². The van der Waals surface area contributed by atoms with Crippen LogP contribution in [0.4, 0.5) is 4.79 Å². The highest BCUT2D eigenvalue weighted by Gasteiger charge is 2.39. The summed E-state index contributed by atoms with van der Waals surface area (Å²) in [5, 5.41) is 12.2. The van der Waals surface area contributed by atoms with E-state index in [1.807, 2.05) is 49.4 Å². The maximum atomic E-state index is 12.4. The van der Waals surface area contributed by atoms with Gasteiger partial charge >= 0.3 is 6.03 Å². The summed E-state index contributed by atoms with van der Waals surface area (Å²) in [5.74, 6) is -1.59. The van der Waals surface area contributed by atoms with Gasteiger partial charge in [-0.05, 0) is 35.7 Å². The Labute approximate surface area is 168 Å². The molecule has 0 radical (unpaired) electrons. The van der Waals surface area contributed by atoms with Crippen molar-refractivity contribution < 1.29 is 22.8 Å². The molecule has 2 atom stereocenters. The van der Waals surface area contributed by atoms with E-state index in [4.69, 9.17) is 5.14 Å². The Morgan fingerprint density at radius 2 is 1.90 bits per heavy atom. The van der Waals surface area contributed by atoms with Crippen LogP contribution >= 0.6 is 0 Å². The molecular formula is C19H22N4O5S. The van der Waals surface area contributed by atoms with Crippen molar-refractivity contribution in [1.82, 2.24) is 15.5 Å². The van der Waals surface area contributed by atoms with Gasteiger partial charge in [-0.1, -0.05) is 36.4 Å². The van der Waals surface area contributed by atoms with Gasteiger partial charge < -0.3 is 10.6 Å². The van der Waals surface area contributed by atoms with Crippen LogP contribution in [0, 0.1) is 0 Å². The van der Waals surface area contributed by atoms with E-state index in [1.165, 1.54) is 0 Å². The Bertz CT molecular complexity index is 1070. The molecule has 10 heteroatoms. The molecule has 0 unspecified atom stereocenters. The molecule has 0 saturated carbocycles. The summed E-state index contributed by atoms with van der Waals surface area (Å²) in [5.41, 5.74) is 0.889. The zero-order chi connectivity index (χ0) is 21.2. The number of carbonyl (C=O) groups excluding carboxylic acids is 3. The zero-order valence-corrected chi connectivity index (χ0v) is 16.6. The Morgan fingerprint density at radius 1 is 1.21 bits per heavy atom. The molecule has 0 aliphatic carbocycles. The first kappa shape index (κ1) is 20.7. The second-order valence-electron chi connectivity index (χ2n) is 6.98. The van der Waals surface area contributed by atoms with E-state index in [1.54, 1.807) is 0 Å². The maximum Gasteiger partial charge on any atom is 0.325 e. The lowest BCUT2D eigenvalue weighted by Gasteiger charge is -2.18. The molecule has 29 heavy (non-hydrogen) atoms. The molecular weight excluding hydrogens is 396 g/mol. The average molecular weight is 418 g/mol. The minimum absolute atomic E-state index is 0.144. The first-order chi connectivity index (χ1) is 13.6. The highest BCUT2D eigenvalue weighted by Crippen LogP contribution is 2.20. The fourth-order valence-electron chi connectivity index (χ4n) is 3.20. The van der Waals surface area contributed by atoms with Crippen molar-refractivity contribution in [2.45, 2.75) is 25.4 Å². The highest BCUT2D eigenvalue weighted by molar-refractivity contribution is 7.89. The predicted molar refractivity (Wildman–Crippen MR) is 107 cm³/mol. The number of hydrogen-bond donors (Lipinski definition) is 3. The second kappa shape index (κ2) is 8.18. The van der Waals surface area contributed by atoms with E-state index in [0.717, 1.165) is 21.2 Å². The molecule has 0 aromatic heterocycles. The van der Waals surface area contributed by atoms with Crippen LogP contribution in [-0.2, 0) is 19.6 Å². The molecule has 9 nitrogen and oxygen atoms in total. The summed E-state index contributed by atoms with van der Waals surface area (Å²) in [6, 6.07) is 11.6. The van der Waals surface area contributed by atoms with Gasteiger partial charge in [-0.2, -0.15) is 0 Å². The topological polar surface area (TPSA) is 139 Å². The quantitative estimate of drug-likeness (QED) is 0.566. The van der Waals surface area contributed by atoms with E-state index in [-0.39, 0.29) is 12.5 Å². The Balaban J connectivity index is 1.60. The minimum Gasteiger partial charge on any atom is -0.348 e. The molecule has 2 aromatic rings. The Hall–Kier alpha value is -2.98. The van der Waals surface area contributed by atoms with E-state index in [0.29, 0.717) is 0 Å². The van der Waals surface area contributed by atoms with Crippen molar-refractivity contribution in [3.8, 4) is 0 Å². The van der Waals surface area contributed by atoms with Gasteiger partial charge in [0.15, 0.2) is 0 Å². The molecule has 1 saturated heterocycles. The van der Waals surface area contributed by atoms with Crippen molar-refractivity contribution >= 4 is 38.6 Å². The lowest BCUT2D eigenvalue weighted by atomic mass is 10.0. The van der Waals surface area contributed by atoms with Gasteiger partial charge in [0.05, 0.1) is 11.8 Å². The van der Waals surface area contributed by atoms with Crippen molar-refractivity contribution in [3.63, 3.8) is 0 Å². The summed E-state index contributed by atoms with van der Waals surface area (Å²) in [4.78, 5) is 37.4. The summed E-state index contributed by atoms with van der Waals surface area (Å²) in [7, 11) is -3.76. The second-order valence-corrected chi connectivity index (χ2v) is 8.71. The fraction of sp³-hybridized carbons (Fsp3) is 0.316. The summed E-state index contributed by atoms with van der Waals surface area (Å²) in [6.07, 6.45) is -0.144. The number of nitrogens with one attached hydrogen (secondary N) is 2. The third kappa shape index (κ3) is 5.09. The minimum atomic E-state index is -3.76. The molecule has 1 fully saturated rings. The van der Waals surface area contributed by atoms with Crippen molar-refractivity contribution in [2.24, 2.45) is 5.14 Å². The van der Waals surface area contributed by atoms with Crippen molar-refractivity contribution in [1.29, 1.82) is 0 Å². The monoisotopic (exact) mass is 418 g/mol. The molecule has 4 amide bonds. The van der Waals surface area contributed by atoms with Crippen LogP contribution < -0.4 is 15.8 Å². The maximum absolute atomic E-state index is 12.4. The van der Waals surface area contributed by atoms with Crippen LogP contribution in [0.15, 0.2) is 42.5 Å². The SMILES string of the molecule is C[C@@H](NC(=O)CN1C(=O)N[C@@H](CCS(N)(=O)=O)C1=O)c1ccc2ccccc2c1. The number of nitrogens with two attached hydrogens (primary N) is 1. The lowest BCUT2D eigenvalue weighted by Crippen LogP contribution is -2.42. The van der Waals surface area contributed by atoms with E-state index < -0.39 is 46.2 Å². The molecule has 1 heterocycles. The van der Waals surface area contributed by atoms with Gasteiger partial charge in [-0.25, -0.2) is 18.4 Å². The molecule has 4 N–H and O–H groups in total. The first-order valence-corrected chi connectivity index (χ1v) is 10.8. The van der Waals surface area contributed by atoms with Crippen molar-refractivity contribution in [3.05, 3.63) is 48.0 Å². The number of fused-ring (bicyclic) bond motifs is 1. The lowest BCUT2D eigenvalue weighted by molar-refractivity contribution is -0.132. The first-order valence-electron chi connectivity index (χ1n) is 9.04. The average Bonchev–Trinajstić information content (AvgIpc) is 2.93. The number of urea groups is 1. The van der Waals surface area contributed by atoms with Crippen LogP contribution in [0.5, 0.6) is 0 Å². The Kier molecular flexibility index (Phi) is 5.85. The number of nitrogens with zero attached hydrogens (tertiary/aromatic N) is 1. The summed E-state index contributed by atoms with van der Waals surface area (Å²) < 4.78 is 22.1. The van der Waals surface area contributed by atoms with Crippen LogP contribution in [0.1, 0.15) is 24.9 Å². The van der Waals surface area contributed by atoms with Gasteiger partial charge in [-0.3, -0.25) is 14.5 Å². The van der Waals surface area contributed by atoms with Gasteiger partial charge in [0.1, 0.15) is 12.6 Å². The van der Waals surface area contributed by atoms with E-state index >= 15 is 0 Å². The number of rotatable bonds is 7. The molecule has 1 aliphatic rings. The van der Waals surface area contributed by atoms with E-state index in [2.05, 4.69) is 10.6 Å². The number of carbonyl (C=O) groups is 3. The zero-order valence-electron chi connectivity index (χ0n) is 15.8. The molecule has 3 rings (SSSR count). The molecule has 154 valence electrons. The number of sulfonamides is 1. The largest absolute Gasteiger partial charge is 0.348 e. The van der Waals surface area contributed by atoms with Gasteiger partial charge in [-0.15, -0.1) is 0 Å². The van der Waals surface area contributed by atoms with Crippen molar-refractivity contribution in [2.75, 3.05) is 12.3 Å². The summed E-state index contributed by atoms with van der Waals surface area (Å²) >= 11 is 0. The number of primary sulfonamides is 1. The fourth-order valence-corrected chi connectivity index (χ4v) is 3.76. The number of amides is 4. The van der Waals surface area contributed by atoms with Crippen LogP contribution in [0.2, 0.25) is 0 Å². The highest BCUT2D eigenvalue weighted by atomic mass is 32.2. The van der Waals surface area contributed by atoms with E-state index in [9.17, 15) is 22.8 Å². The standard InChI is InChI=1S/C19H22N4O5S/c1-12(14-7-6-13-4-2-3-5-15(13)10-14)21-17(24)11-23-18(25)16(22-19(23)26)8-9-29(20,27)28/h2-7,10,12,16H,8-9,11H2,1H3,(H,21,24)(H,22,26)(H2,20,27,28)/t12-,16+/m1/s1. The van der Waals surface area contributed by atoms with Crippen LogP contribution in [-0.4, -0.2) is 49.5 Å². The molecule has 1 aliphatic heterocycles. The normalized spacial score (nSPS) is 18.0. The number of hydrogen-bond acceptors (Lipinski definition) is 5. The predicted octanol–water partition coefficient (Wildman–Crippen LogP) is 0.616.